The highest BCUT2D eigenvalue weighted by Gasteiger charge is 2.16. The molecule has 18 heavy (non-hydrogen) atoms. The third-order valence-corrected chi connectivity index (χ3v) is 2.84. The number of rotatable bonds is 4. The van der Waals surface area contributed by atoms with Crippen LogP contribution in [-0.4, -0.2) is 15.6 Å². The van der Waals surface area contributed by atoms with Crippen molar-refractivity contribution in [2.24, 2.45) is 0 Å². The van der Waals surface area contributed by atoms with Crippen LogP contribution in [0, 0.1) is 6.92 Å². The molecule has 0 aliphatic carbocycles. The zero-order valence-corrected chi connectivity index (χ0v) is 10.7. The monoisotopic (exact) mass is 243 g/mol. The molecule has 2 rings (SSSR count). The van der Waals surface area contributed by atoms with Crippen molar-refractivity contribution in [3.05, 3.63) is 47.3 Å². The van der Waals surface area contributed by atoms with Crippen molar-refractivity contribution in [1.29, 1.82) is 0 Å². The molecule has 0 atom stereocenters. The molecule has 0 aliphatic heterocycles. The van der Waals surface area contributed by atoms with Crippen molar-refractivity contribution >= 4 is 11.5 Å². The molecule has 0 aliphatic rings. The van der Waals surface area contributed by atoms with Crippen molar-refractivity contribution in [1.82, 2.24) is 9.78 Å². The average molecular weight is 243 g/mol. The van der Waals surface area contributed by atoms with Crippen LogP contribution in [0.15, 0.2) is 30.5 Å². The summed E-state index contributed by atoms with van der Waals surface area (Å²) in [6.07, 6.45) is 2.58. The quantitative estimate of drug-likeness (QED) is 0.662. The van der Waals surface area contributed by atoms with Gasteiger partial charge in [0.1, 0.15) is 5.69 Å². The van der Waals surface area contributed by atoms with Crippen LogP contribution in [0.5, 0.6) is 0 Å². The van der Waals surface area contributed by atoms with E-state index in [1.54, 1.807) is 23.0 Å². The molecular formula is C14H17N3O. The maximum atomic E-state index is 12.4. The smallest absolute Gasteiger partial charge is 0.213 e. The Bertz CT molecular complexity index is 572. The van der Waals surface area contributed by atoms with Gasteiger partial charge in [0, 0.05) is 24.0 Å². The van der Waals surface area contributed by atoms with E-state index in [-0.39, 0.29) is 5.78 Å². The van der Waals surface area contributed by atoms with Crippen LogP contribution in [-0.2, 0) is 6.54 Å². The van der Waals surface area contributed by atoms with Crippen LogP contribution in [0.4, 0.5) is 5.69 Å². The predicted octanol–water partition coefficient (Wildman–Crippen LogP) is 2.41. The predicted molar refractivity (Wildman–Crippen MR) is 71.5 cm³/mol. The summed E-state index contributed by atoms with van der Waals surface area (Å²) in [5.41, 5.74) is 8.54. The number of anilines is 1. The first-order valence-electron chi connectivity index (χ1n) is 6.06. The zero-order valence-electron chi connectivity index (χ0n) is 10.7. The van der Waals surface area contributed by atoms with Crippen LogP contribution in [0.3, 0.4) is 0 Å². The van der Waals surface area contributed by atoms with Crippen molar-refractivity contribution in [3.63, 3.8) is 0 Å². The number of aromatic nitrogens is 2. The summed E-state index contributed by atoms with van der Waals surface area (Å²) in [6, 6.07) is 7.22. The first-order valence-corrected chi connectivity index (χ1v) is 6.06. The lowest BCUT2D eigenvalue weighted by Gasteiger charge is -2.08. The summed E-state index contributed by atoms with van der Waals surface area (Å²) in [5.74, 6) is -0.0675. The molecule has 94 valence electrons. The maximum Gasteiger partial charge on any atom is 0.213 e. The van der Waals surface area contributed by atoms with Gasteiger partial charge in [-0.05, 0) is 31.5 Å². The molecular weight excluding hydrogens is 226 g/mol. The number of hydrogen-bond donors (Lipinski definition) is 1. The molecule has 0 radical (unpaired) electrons. The van der Waals surface area contributed by atoms with Crippen LogP contribution < -0.4 is 5.73 Å². The Hall–Kier alpha value is -2.10. The largest absolute Gasteiger partial charge is 0.398 e. The lowest BCUT2D eigenvalue weighted by molar-refractivity contribution is 0.102. The molecule has 4 heteroatoms. The van der Waals surface area contributed by atoms with E-state index in [2.05, 4.69) is 12.0 Å². The summed E-state index contributed by atoms with van der Waals surface area (Å²) >= 11 is 0. The summed E-state index contributed by atoms with van der Waals surface area (Å²) in [5, 5.41) is 4.16. The first-order chi connectivity index (χ1) is 8.63. The minimum absolute atomic E-state index is 0.0675. The fourth-order valence-electron chi connectivity index (χ4n) is 1.92. The van der Waals surface area contributed by atoms with Gasteiger partial charge in [0.15, 0.2) is 0 Å². The van der Waals surface area contributed by atoms with Gasteiger partial charge in [0.25, 0.3) is 0 Å². The number of ketones is 1. The minimum atomic E-state index is -0.0675. The van der Waals surface area contributed by atoms with Crippen LogP contribution in [0.25, 0.3) is 0 Å². The van der Waals surface area contributed by atoms with Crippen molar-refractivity contribution in [2.75, 3.05) is 5.73 Å². The molecule has 0 saturated carbocycles. The van der Waals surface area contributed by atoms with Gasteiger partial charge in [-0.25, -0.2) is 0 Å². The standard InChI is InChI=1S/C14H17N3O/c1-3-8-17-13(6-7-16-17)14(18)11-9-10(2)4-5-12(11)15/h4-7,9H,3,8,15H2,1-2H3. The summed E-state index contributed by atoms with van der Waals surface area (Å²) in [6.45, 7) is 4.73. The summed E-state index contributed by atoms with van der Waals surface area (Å²) in [4.78, 5) is 12.4. The Kier molecular flexibility index (Phi) is 3.46. The number of nitrogen functional groups attached to an aromatic ring is 1. The van der Waals surface area contributed by atoms with E-state index in [9.17, 15) is 4.79 Å². The molecule has 0 spiro atoms. The van der Waals surface area contributed by atoms with Gasteiger partial charge >= 0.3 is 0 Å². The van der Waals surface area contributed by atoms with Crippen molar-refractivity contribution in [3.8, 4) is 0 Å². The van der Waals surface area contributed by atoms with E-state index in [1.165, 1.54) is 0 Å². The van der Waals surface area contributed by atoms with Crippen molar-refractivity contribution in [2.45, 2.75) is 26.8 Å². The Morgan fingerprint density at radius 1 is 1.39 bits per heavy atom. The topological polar surface area (TPSA) is 60.9 Å². The molecule has 0 saturated heterocycles. The molecule has 0 amide bonds. The molecule has 0 fully saturated rings. The number of carbonyl (C=O) groups is 1. The van der Waals surface area contributed by atoms with E-state index in [0.29, 0.717) is 16.9 Å². The Morgan fingerprint density at radius 2 is 2.17 bits per heavy atom. The average Bonchev–Trinajstić information content (AvgIpc) is 2.80. The van der Waals surface area contributed by atoms with Crippen LogP contribution >= 0.6 is 0 Å². The molecule has 0 unspecified atom stereocenters. The fraction of sp³-hybridized carbons (Fsp3) is 0.286. The van der Waals surface area contributed by atoms with Gasteiger partial charge in [-0.1, -0.05) is 18.6 Å². The Labute approximate surface area is 106 Å². The highest BCUT2D eigenvalue weighted by Crippen LogP contribution is 2.18. The van der Waals surface area contributed by atoms with E-state index in [1.807, 2.05) is 19.1 Å². The molecule has 1 aromatic carbocycles. The third-order valence-electron chi connectivity index (χ3n) is 2.84. The second-order valence-electron chi connectivity index (χ2n) is 4.36. The van der Waals surface area contributed by atoms with Crippen LogP contribution in [0.1, 0.15) is 35.0 Å². The Balaban J connectivity index is 2.41. The van der Waals surface area contributed by atoms with Gasteiger partial charge in [-0.2, -0.15) is 5.10 Å². The normalized spacial score (nSPS) is 10.6. The number of benzene rings is 1. The molecule has 4 nitrogen and oxygen atoms in total. The summed E-state index contributed by atoms with van der Waals surface area (Å²) in [7, 11) is 0. The fourth-order valence-corrected chi connectivity index (χ4v) is 1.92. The number of aryl methyl sites for hydroxylation is 2. The SMILES string of the molecule is CCCn1nccc1C(=O)c1cc(C)ccc1N. The number of carbonyl (C=O) groups excluding carboxylic acids is 1. The molecule has 1 aromatic heterocycles. The first kappa shape index (κ1) is 12.4. The van der Waals surface area contributed by atoms with Gasteiger partial charge in [-0.15, -0.1) is 0 Å². The van der Waals surface area contributed by atoms with Gasteiger partial charge in [-0.3, -0.25) is 9.48 Å². The van der Waals surface area contributed by atoms with Gasteiger partial charge in [0.05, 0.1) is 0 Å². The summed E-state index contributed by atoms with van der Waals surface area (Å²) < 4.78 is 1.73. The maximum absolute atomic E-state index is 12.4. The molecule has 2 aromatic rings. The minimum Gasteiger partial charge on any atom is -0.398 e. The van der Waals surface area contributed by atoms with E-state index < -0.39 is 0 Å². The van der Waals surface area contributed by atoms with Gasteiger partial charge < -0.3 is 5.73 Å². The number of nitrogens with zero attached hydrogens (tertiary/aromatic N) is 2. The van der Waals surface area contributed by atoms with Crippen molar-refractivity contribution < 1.29 is 4.79 Å². The lowest BCUT2D eigenvalue weighted by atomic mass is 10.0. The second kappa shape index (κ2) is 5.04. The van der Waals surface area contributed by atoms with E-state index in [4.69, 9.17) is 5.73 Å². The molecule has 1 heterocycles. The number of hydrogen-bond acceptors (Lipinski definition) is 3. The second-order valence-corrected chi connectivity index (χ2v) is 4.36. The van der Waals surface area contributed by atoms with Crippen LogP contribution in [0.2, 0.25) is 0 Å². The van der Waals surface area contributed by atoms with Gasteiger partial charge in [0.2, 0.25) is 5.78 Å². The zero-order chi connectivity index (χ0) is 13.1. The molecule has 2 N–H and O–H groups in total. The molecule has 0 bridgehead atoms. The number of nitrogens with two attached hydrogens (primary N) is 1. The van der Waals surface area contributed by atoms with E-state index in [0.717, 1.165) is 18.5 Å². The third kappa shape index (κ3) is 2.27. The van der Waals surface area contributed by atoms with E-state index >= 15 is 0 Å². The lowest BCUT2D eigenvalue weighted by Crippen LogP contribution is -2.13. The highest BCUT2D eigenvalue weighted by molar-refractivity contribution is 6.11. The highest BCUT2D eigenvalue weighted by atomic mass is 16.1. The Morgan fingerprint density at radius 3 is 2.89 bits per heavy atom.